The lowest BCUT2D eigenvalue weighted by Gasteiger charge is -2.10. The van der Waals surface area contributed by atoms with Crippen LogP contribution in [0.5, 0.6) is 0 Å². The van der Waals surface area contributed by atoms with Crippen molar-refractivity contribution in [1.29, 1.82) is 0 Å². The molecule has 0 aliphatic carbocycles. The number of amides is 1. The van der Waals surface area contributed by atoms with Crippen LogP contribution in [0.4, 0.5) is 5.69 Å². The Hall–Kier alpha value is -2.17. The predicted molar refractivity (Wildman–Crippen MR) is 90.0 cm³/mol. The lowest BCUT2D eigenvalue weighted by Crippen LogP contribution is -2.32. The number of carbonyl (C=O) groups is 3. The first kappa shape index (κ1) is 17.2. The van der Waals surface area contributed by atoms with Crippen LogP contribution in [0.25, 0.3) is 0 Å². The molecule has 0 spiro atoms. The third-order valence-corrected chi connectivity index (χ3v) is 3.75. The number of rotatable bonds is 5. The van der Waals surface area contributed by atoms with E-state index in [9.17, 15) is 14.4 Å². The molecular weight excluding hydrogens is 337 g/mol. The van der Waals surface area contributed by atoms with Crippen LogP contribution >= 0.6 is 23.2 Å². The van der Waals surface area contributed by atoms with Gasteiger partial charge in [-0.05, 0) is 55.5 Å². The first-order chi connectivity index (χ1) is 10.9. The van der Waals surface area contributed by atoms with Crippen LogP contribution in [0.1, 0.15) is 17.3 Å². The van der Waals surface area contributed by atoms with Crippen molar-refractivity contribution in [3.63, 3.8) is 0 Å². The van der Waals surface area contributed by atoms with Gasteiger partial charge in [0, 0.05) is 21.3 Å². The molecule has 1 N–H and O–H groups in total. The highest BCUT2D eigenvalue weighted by Gasteiger charge is 2.28. The summed E-state index contributed by atoms with van der Waals surface area (Å²) < 4.78 is 0. The van der Waals surface area contributed by atoms with Crippen molar-refractivity contribution in [3.05, 3.63) is 64.1 Å². The third kappa shape index (κ3) is 4.41. The molecular formula is C17H13Cl2NO3. The van der Waals surface area contributed by atoms with Crippen LogP contribution in [-0.4, -0.2) is 17.5 Å². The molecule has 0 saturated carbocycles. The molecule has 0 saturated heterocycles. The van der Waals surface area contributed by atoms with Gasteiger partial charge in [-0.15, -0.1) is 0 Å². The molecule has 23 heavy (non-hydrogen) atoms. The van der Waals surface area contributed by atoms with Crippen LogP contribution in [0, 0.1) is 5.92 Å². The van der Waals surface area contributed by atoms with Crippen LogP contribution < -0.4 is 5.32 Å². The van der Waals surface area contributed by atoms with Gasteiger partial charge in [0.1, 0.15) is 0 Å². The van der Waals surface area contributed by atoms with Crippen molar-refractivity contribution in [1.82, 2.24) is 0 Å². The summed E-state index contributed by atoms with van der Waals surface area (Å²) in [5, 5.41) is 3.45. The van der Waals surface area contributed by atoms with Crippen molar-refractivity contribution in [2.24, 2.45) is 5.92 Å². The summed E-state index contributed by atoms with van der Waals surface area (Å²) in [7, 11) is 0. The molecule has 1 amide bonds. The molecule has 0 fully saturated rings. The number of carbonyl (C=O) groups excluding carboxylic acids is 3. The van der Waals surface area contributed by atoms with E-state index in [1.165, 1.54) is 19.1 Å². The number of hydrogen-bond donors (Lipinski definition) is 1. The standard InChI is InChI=1S/C17H13Cl2NO3/c1-10(15(21)11-2-4-12(18)5-3-11)16(22)17(23)20-14-8-6-13(19)7-9-14/h2-10H,1H3,(H,20,23)/t10-/m1/s1. The highest BCUT2D eigenvalue weighted by Crippen LogP contribution is 2.16. The average molecular weight is 350 g/mol. The molecule has 2 aromatic rings. The van der Waals surface area contributed by atoms with Crippen LogP contribution in [0.2, 0.25) is 10.0 Å². The Bertz CT molecular complexity index is 739. The van der Waals surface area contributed by atoms with E-state index in [2.05, 4.69) is 5.32 Å². The van der Waals surface area contributed by atoms with E-state index in [0.717, 1.165) is 0 Å². The summed E-state index contributed by atoms with van der Waals surface area (Å²) in [6.07, 6.45) is 0. The molecule has 0 heterocycles. The highest BCUT2D eigenvalue weighted by molar-refractivity contribution is 6.45. The molecule has 0 aliphatic rings. The predicted octanol–water partition coefficient (Wildman–Crippen LogP) is 4.02. The third-order valence-electron chi connectivity index (χ3n) is 3.24. The quantitative estimate of drug-likeness (QED) is 0.503. The molecule has 0 bridgehead atoms. The minimum atomic E-state index is -1.08. The second kappa shape index (κ2) is 7.40. The minimum Gasteiger partial charge on any atom is -0.319 e. The Labute approximate surface area is 143 Å². The number of anilines is 1. The summed E-state index contributed by atoms with van der Waals surface area (Å²) in [4.78, 5) is 36.3. The second-order valence-corrected chi connectivity index (χ2v) is 5.79. The van der Waals surface area contributed by atoms with Crippen LogP contribution in [-0.2, 0) is 9.59 Å². The highest BCUT2D eigenvalue weighted by atomic mass is 35.5. The number of benzene rings is 2. The van der Waals surface area contributed by atoms with E-state index < -0.39 is 23.4 Å². The van der Waals surface area contributed by atoms with Crippen molar-refractivity contribution >= 4 is 46.4 Å². The van der Waals surface area contributed by atoms with E-state index in [1.807, 2.05) is 0 Å². The maximum atomic E-state index is 12.2. The number of halogens is 2. The van der Waals surface area contributed by atoms with E-state index >= 15 is 0 Å². The van der Waals surface area contributed by atoms with Crippen molar-refractivity contribution in [2.45, 2.75) is 6.92 Å². The number of hydrogen-bond acceptors (Lipinski definition) is 3. The van der Waals surface area contributed by atoms with Gasteiger partial charge in [0.15, 0.2) is 5.78 Å². The number of nitrogens with one attached hydrogen (secondary N) is 1. The molecule has 0 aromatic heterocycles. The molecule has 6 heteroatoms. The Kier molecular flexibility index (Phi) is 5.53. The summed E-state index contributed by atoms with van der Waals surface area (Å²) >= 11 is 11.5. The number of Topliss-reactive ketones (excluding diaryl/α,β-unsaturated/α-hetero) is 2. The van der Waals surface area contributed by atoms with Gasteiger partial charge in [-0.3, -0.25) is 14.4 Å². The van der Waals surface area contributed by atoms with Gasteiger partial charge >= 0.3 is 0 Å². The SMILES string of the molecule is C[C@@H](C(=O)C(=O)Nc1ccc(Cl)cc1)C(=O)c1ccc(Cl)cc1. The molecule has 0 aliphatic heterocycles. The molecule has 2 rings (SSSR count). The van der Waals surface area contributed by atoms with Crippen LogP contribution in [0.15, 0.2) is 48.5 Å². The van der Waals surface area contributed by atoms with Gasteiger partial charge < -0.3 is 5.32 Å². The Morgan fingerprint density at radius 3 is 1.87 bits per heavy atom. The first-order valence-corrected chi connectivity index (χ1v) is 7.54. The molecule has 1 atom stereocenters. The topological polar surface area (TPSA) is 63.2 Å². The van der Waals surface area contributed by atoms with Gasteiger partial charge in [-0.1, -0.05) is 23.2 Å². The normalized spacial score (nSPS) is 11.6. The molecule has 2 aromatic carbocycles. The summed E-state index contributed by atoms with van der Waals surface area (Å²) in [6, 6.07) is 12.5. The van der Waals surface area contributed by atoms with Crippen LogP contribution in [0.3, 0.4) is 0 Å². The van der Waals surface area contributed by atoms with Crippen molar-refractivity contribution in [2.75, 3.05) is 5.32 Å². The van der Waals surface area contributed by atoms with Gasteiger partial charge in [-0.25, -0.2) is 0 Å². The fraction of sp³-hybridized carbons (Fsp3) is 0.118. The monoisotopic (exact) mass is 349 g/mol. The Morgan fingerprint density at radius 2 is 1.35 bits per heavy atom. The van der Waals surface area contributed by atoms with Gasteiger partial charge in [0.05, 0.1) is 5.92 Å². The van der Waals surface area contributed by atoms with Gasteiger partial charge in [0.25, 0.3) is 5.91 Å². The second-order valence-electron chi connectivity index (χ2n) is 4.92. The molecule has 0 radical (unpaired) electrons. The Morgan fingerprint density at radius 1 is 0.870 bits per heavy atom. The number of ketones is 2. The summed E-state index contributed by atoms with van der Waals surface area (Å²) in [6.45, 7) is 1.40. The Balaban J connectivity index is 2.06. The minimum absolute atomic E-state index is 0.328. The smallest absolute Gasteiger partial charge is 0.292 e. The zero-order valence-electron chi connectivity index (χ0n) is 12.2. The summed E-state index contributed by atoms with van der Waals surface area (Å²) in [5.74, 6) is -3.16. The molecule has 118 valence electrons. The van der Waals surface area contributed by atoms with Gasteiger partial charge in [-0.2, -0.15) is 0 Å². The van der Waals surface area contributed by atoms with E-state index in [-0.39, 0.29) is 0 Å². The summed E-state index contributed by atoms with van der Waals surface area (Å²) in [5.41, 5.74) is 0.758. The maximum absolute atomic E-state index is 12.2. The first-order valence-electron chi connectivity index (χ1n) is 6.79. The largest absolute Gasteiger partial charge is 0.319 e. The van der Waals surface area contributed by atoms with E-state index in [4.69, 9.17) is 23.2 Å². The lowest BCUT2D eigenvalue weighted by molar-refractivity contribution is -0.136. The maximum Gasteiger partial charge on any atom is 0.292 e. The van der Waals surface area contributed by atoms with Crippen molar-refractivity contribution in [3.8, 4) is 0 Å². The molecule has 4 nitrogen and oxygen atoms in total. The fourth-order valence-electron chi connectivity index (χ4n) is 1.91. The average Bonchev–Trinajstić information content (AvgIpc) is 2.55. The van der Waals surface area contributed by atoms with Gasteiger partial charge in [0.2, 0.25) is 5.78 Å². The zero-order chi connectivity index (χ0) is 17.0. The van der Waals surface area contributed by atoms with Crippen molar-refractivity contribution < 1.29 is 14.4 Å². The fourth-order valence-corrected chi connectivity index (χ4v) is 2.16. The molecule has 0 unspecified atom stereocenters. The van der Waals surface area contributed by atoms with E-state index in [1.54, 1.807) is 36.4 Å². The van der Waals surface area contributed by atoms with E-state index in [0.29, 0.717) is 21.3 Å². The zero-order valence-corrected chi connectivity index (χ0v) is 13.7. The lowest BCUT2D eigenvalue weighted by atomic mass is 9.95.